The quantitative estimate of drug-likeness (QED) is 0.491. The van der Waals surface area contributed by atoms with Gasteiger partial charge in [0.15, 0.2) is 0 Å². The van der Waals surface area contributed by atoms with Crippen LogP contribution < -0.4 is 10.1 Å². The molecule has 1 N–H and O–H groups in total. The molecule has 31 heavy (non-hydrogen) atoms. The zero-order valence-electron chi connectivity index (χ0n) is 16.2. The van der Waals surface area contributed by atoms with Crippen LogP contribution in [-0.2, 0) is 12.7 Å². The molecule has 8 heteroatoms. The van der Waals surface area contributed by atoms with Crippen LogP contribution in [-0.4, -0.2) is 17.5 Å². The van der Waals surface area contributed by atoms with Crippen molar-refractivity contribution in [1.82, 2.24) is 10.2 Å². The average molecular weight is 447 g/mol. The Balaban J connectivity index is 1.48. The second-order valence-corrected chi connectivity index (χ2v) is 7.59. The van der Waals surface area contributed by atoms with Crippen LogP contribution in [0.15, 0.2) is 72.8 Å². The predicted octanol–water partition coefficient (Wildman–Crippen LogP) is 6.42. The highest BCUT2D eigenvalue weighted by molar-refractivity contribution is 6.30. The number of amides is 2. The van der Waals surface area contributed by atoms with Crippen LogP contribution in [0.2, 0.25) is 5.02 Å². The second-order valence-electron chi connectivity index (χ2n) is 7.15. The molecule has 4 rings (SSSR count). The van der Waals surface area contributed by atoms with Crippen LogP contribution in [0.5, 0.6) is 11.5 Å². The first kappa shape index (κ1) is 21.1. The summed E-state index contributed by atoms with van der Waals surface area (Å²) in [5.41, 5.74) is 0.543. The first-order valence-corrected chi connectivity index (χ1v) is 9.91. The lowest BCUT2D eigenvalue weighted by atomic mass is 10.0. The Morgan fingerprint density at radius 3 is 2.29 bits per heavy atom. The van der Waals surface area contributed by atoms with Crippen LogP contribution in [0.1, 0.15) is 22.7 Å². The van der Waals surface area contributed by atoms with Crippen molar-refractivity contribution in [3.63, 3.8) is 0 Å². The maximum absolute atomic E-state index is 13.1. The summed E-state index contributed by atoms with van der Waals surface area (Å²) < 4.78 is 45.0. The number of rotatable bonds is 5. The molecule has 1 atom stereocenters. The molecule has 0 saturated carbocycles. The fraction of sp³-hybridized carbons (Fsp3) is 0.174. The van der Waals surface area contributed by atoms with E-state index >= 15 is 0 Å². The number of urea groups is 1. The Labute approximate surface area is 182 Å². The summed E-state index contributed by atoms with van der Waals surface area (Å²) in [7, 11) is 0. The Bertz CT molecular complexity index is 1070. The van der Waals surface area contributed by atoms with Crippen molar-refractivity contribution in [3.8, 4) is 11.5 Å². The lowest BCUT2D eigenvalue weighted by molar-refractivity contribution is -0.137. The summed E-state index contributed by atoms with van der Waals surface area (Å²) in [6, 6.07) is 18.4. The minimum absolute atomic E-state index is 0.248. The molecule has 1 saturated heterocycles. The Morgan fingerprint density at radius 1 is 1.00 bits per heavy atom. The third kappa shape index (κ3) is 4.94. The lowest BCUT2D eigenvalue weighted by Gasteiger charge is -2.24. The number of hydrogen-bond acceptors (Lipinski definition) is 2. The molecule has 0 radical (unpaired) electrons. The van der Waals surface area contributed by atoms with Crippen LogP contribution >= 0.6 is 11.6 Å². The molecule has 0 aliphatic carbocycles. The topological polar surface area (TPSA) is 41.6 Å². The van der Waals surface area contributed by atoms with E-state index in [4.69, 9.17) is 16.3 Å². The number of carbonyl (C=O) groups is 1. The molecule has 0 aromatic heterocycles. The Kier molecular flexibility index (Phi) is 5.78. The van der Waals surface area contributed by atoms with Gasteiger partial charge in [-0.05, 0) is 59.7 Å². The molecule has 4 nitrogen and oxygen atoms in total. The number of hydrogen-bond donors (Lipinski definition) is 1. The van der Waals surface area contributed by atoms with Gasteiger partial charge >= 0.3 is 12.2 Å². The van der Waals surface area contributed by atoms with Crippen molar-refractivity contribution in [2.24, 2.45) is 0 Å². The minimum Gasteiger partial charge on any atom is -0.457 e. The fourth-order valence-corrected chi connectivity index (χ4v) is 3.56. The van der Waals surface area contributed by atoms with Crippen molar-refractivity contribution in [1.29, 1.82) is 0 Å². The first-order valence-electron chi connectivity index (χ1n) is 9.53. The van der Waals surface area contributed by atoms with E-state index in [1.165, 1.54) is 11.0 Å². The maximum Gasteiger partial charge on any atom is 0.416 e. The first-order chi connectivity index (χ1) is 14.8. The summed E-state index contributed by atoms with van der Waals surface area (Å²) in [5.74, 6) is 1.26. The smallest absolute Gasteiger partial charge is 0.416 e. The van der Waals surface area contributed by atoms with Crippen molar-refractivity contribution in [3.05, 3.63) is 94.5 Å². The molecule has 1 unspecified atom stereocenters. The van der Waals surface area contributed by atoms with Crippen molar-refractivity contribution < 1.29 is 22.7 Å². The molecule has 2 amide bonds. The van der Waals surface area contributed by atoms with Crippen molar-refractivity contribution in [2.75, 3.05) is 6.54 Å². The van der Waals surface area contributed by atoms with E-state index in [0.717, 1.165) is 17.7 Å². The molecule has 160 valence electrons. The highest BCUT2D eigenvalue weighted by Crippen LogP contribution is 2.33. The van der Waals surface area contributed by atoms with Gasteiger partial charge in [0.1, 0.15) is 11.5 Å². The highest BCUT2D eigenvalue weighted by Gasteiger charge is 2.35. The fourth-order valence-electron chi connectivity index (χ4n) is 3.44. The minimum atomic E-state index is -4.43. The Hall–Kier alpha value is -3.19. The van der Waals surface area contributed by atoms with E-state index in [2.05, 4.69) is 5.32 Å². The normalized spacial score (nSPS) is 16.3. The van der Waals surface area contributed by atoms with E-state index in [9.17, 15) is 18.0 Å². The van der Waals surface area contributed by atoms with Crippen molar-refractivity contribution in [2.45, 2.75) is 18.8 Å². The number of nitrogens with zero attached hydrogens (tertiary/aromatic N) is 1. The molecule has 3 aromatic rings. The van der Waals surface area contributed by atoms with Gasteiger partial charge in [-0.25, -0.2) is 4.79 Å². The van der Waals surface area contributed by atoms with Crippen LogP contribution in [0, 0.1) is 0 Å². The summed E-state index contributed by atoms with van der Waals surface area (Å²) in [6.07, 6.45) is -4.43. The predicted molar refractivity (Wildman–Crippen MR) is 111 cm³/mol. The number of ether oxygens (including phenoxy) is 1. The van der Waals surface area contributed by atoms with Gasteiger partial charge in [-0.3, -0.25) is 0 Å². The highest BCUT2D eigenvalue weighted by atomic mass is 35.5. The molecule has 1 aliphatic rings. The second kappa shape index (κ2) is 8.51. The van der Waals surface area contributed by atoms with Crippen LogP contribution in [0.3, 0.4) is 0 Å². The Morgan fingerprint density at radius 2 is 1.65 bits per heavy atom. The van der Waals surface area contributed by atoms with Gasteiger partial charge < -0.3 is 15.0 Å². The number of alkyl halides is 3. The number of nitrogens with one attached hydrogen (secondary N) is 1. The lowest BCUT2D eigenvalue weighted by Crippen LogP contribution is -2.29. The zero-order chi connectivity index (χ0) is 22.0. The molecule has 1 aliphatic heterocycles. The third-order valence-electron chi connectivity index (χ3n) is 5.01. The number of benzene rings is 3. The van der Waals surface area contributed by atoms with Gasteiger partial charge in [-0.2, -0.15) is 13.2 Å². The molecule has 0 bridgehead atoms. The van der Waals surface area contributed by atoms with Crippen molar-refractivity contribution >= 4 is 17.6 Å². The summed E-state index contributed by atoms with van der Waals surface area (Å²) in [5, 5.41) is 3.33. The van der Waals surface area contributed by atoms with Gasteiger partial charge in [0.2, 0.25) is 0 Å². The summed E-state index contributed by atoms with van der Waals surface area (Å²) in [4.78, 5) is 13.9. The monoisotopic (exact) mass is 446 g/mol. The van der Waals surface area contributed by atoms with Gasteiger partial charge in [0.25, 0.3) is 0 Å². The van der Waals surface area contributed by atoms with Gasteiger partial charge in [0, 0.05) is 18.1 Å². The van der Waals surface area contributed by atoms with Crippen LogP contribution in [0.4, 0.5) is 18.0 Å². The average Bonchev–Trinajstić information content (AvgIpc) is 3.11. The summed E-state index contributed by atoms with van der Waals surface area (Å²) >= 11 is 5.87. The molecule has 0 spiro atoms. The molecule has 3 aromatic carbocycles. The van der Waals surface area contributed by atoms with Gasteiger partial charge in [0.05, 0.1) is 11.6 Å². The van der Waals surface area contributed by atoms with Gasteiger partial charge in [-0.15, -0.1) is 0 Å². The van der Waals surface area contributed by atoms with E-state index < -0.39 is 17.8 Å². The standard InChI is InChI=1S/C23H18ClF3N2O2/c24-18-6-10-20(11-7-18)31-19-8-4-15(5-9-19)14-29-21(13-28-22(29)30)16-2-1-3-17(12-16)23(25,26)27/h1-12,21H,13-14H2,(H,28,30). The van der Waals surface area contributed by atoms with Crippen LogP contribution in [0.25, 0.3) is 0 Å². The number of carbonyl (C=O) groups excluding carboxylic acids is 1. The maximum atomic E-state index is 13.1. The van der Waals surface area contributed by atoms with E-state index in [-0.39, 0.29) is 19.1 Å². The largest absolute Gasteiger partial charge is 0.457 e. The third-order valence-corrected chi connectivity index (χ3v) is 5.26. The summed E-state index contributed by atoms with van der Waals surface area (Å²) in [6.45, 7) is 0.506. The molecular formula is C23H18ClF3N2O2. The van der Waals surface area contributed by atoms with E-state index in [0.29, 0.717) is 22.1 Å². The number of halogens is 4. The molecular weight excluding hydrogens is 429 g/mol. The molecule has 1 fully saturated rings. The molecule has 1 heterocycles. The van der Waals surface area contributed by atoms with E-state index in [1.54, 1.807) is 42.5 Å². The SMILES string of the molecule is O=C1NCC(c2cccc(C(F)(F)F)c2)N1Cc1ccc(Oc2ccc(Cl)cc2)cc1. The zero-order valence-corrected chi connectivity index (χ0v) is 17.0. The van der Waals surface area contributed by atoms with Gasteiger partial charge in [-0.1, -0.05) is 35.9 Å². The van der Waals surface area contributed by atoms with E-state index in [1.807, 2.05) is 12.1 Å².